The molecule has 0 aromatic carbocycles. The zero-order valence-electron chi connectivity index (χ0n) is 49.7. The van der Waals surface area contributed by atoms with E-state index in [0.717, 1.165) is 0 Å². The minimum Gasteiger partial charge on any atom is -0.463 e. The summed E-state index contributed by atoms with van der Waals surface area (Å²) < 4.78 is 38.8. The lowest BCUT2D eigenvalue weighted by Crippen LogP contribution is -2.38. The van der Waals surface area contributed by atoms with Crippen molar-refractivity contribution < 1.29 is 96.7 Å². The Morgan fingerprint density at radius 1 is 0.464 bits per heavy atom. The van der Waals surface area contributed by atoms with Crippen LogP contribution in [0.1, 0.15) is 121 Å². The van der Waals surface area contributed by atoms with Crippen LogP contribution in [0, 0.1) is 28.1 Å². The van der Waals surface area contributed by atoms with Gasteiger partial charge in [-0.3, -0.25) is 24.2 Å². The lowest BCUT2D eigenvalue weighted by atomic mass is 9.95. The lowest BCUT2D eigenvalue weighted by molar-refractivity contribution is -0.152. The van der Waals surface area contributed by atoms with Crippen LogP contribution in [0.5, 0.6) is 0 Å². The first-order valence-corrected chi connectivity index (χ1v) is 26.1. The molecule has 0 aromatic heterocycles. The van der Waals surface area contributed by atoms with Gasteiger partial charge in [-0.1, -0.05) is 26.3 Å². The zero-order chi connectivity index (χ0) is 65.0. The van der Waals surface area contributed by atoms with E-state index in [2.05, 4.69) is 51.8 Å². The second-order valence-electron chi connectivity index (χ2n) is 20.5. The van der Waals surface area contributed by atoms with Gasteiger partial charge in [0.05, 0.1) is 25.1 Å². The molecule has 0 amide bonds. The van der Waals surface area contributed by atoms with Gasteiger partial charge in [-0.05, 0) is 94.9 Å². The molecule has 0 fully saturated rings. The third kappa shape index (κ3) is 36.4. The Hall–Kier alpha value is -8.12. The van der Waals surface area contributed by atoms with E-state index in [1.807, 2.05) is 12.1 Å². The summed E-state index contributed by atoms with van der Waals surface area (Å²) in [5.41, 5.74) is 1.89. The number of carbonyl (C=O) groups is 8. The number of rotatable bonds is 39. The standard InChI is InChI=1S/C29H47N5O10.C26H36N4O10/c1-18(2)25(39)43-16-20(35)14-41-23(37)11-9-10-22(30)28(5,6)33-34-29(7,8)27(31)32-13-12-24(38)42-15-21(36)17-44-26(40)19(3)4;1-17(2)23(35)39-13-19(31)11-37-21(33)7-9-25(5,15-27)29-30-26(6,16-28)10-8-22(34)38-12-20(32)14-40-24(36)18(3)4/h20-21,30,35-36H,1,3,9-17H2,2,4-8H3,(H2,31,32);19-20,31-32H,1,3,7-14H2,2,4-6H3. The smallest absolute Gasteiger partial charge is 0.333 e. The third-order valence-electron chi connectivity index (χ3n) is 10.7. The third-order valence-corrected chi connectivity index (χ3v) is 10.7. The highest BCUT2D eigenvalue weighted by Crippen LogP contribution is 2.24. The van der Waals surface area contributed by atoms with Crippen molar-refractivity contribution in [3.8, 4) is 12.1 Å². The molecule has 0 saturated carbocycles. The maximum Gasteiger partial charge on any atom is 0.333 e. The van der Waals surface area contributed by atoms with Crippen LogP contribution < -0.4 is 5.73 Å². The second-order valence-corrected chi connectivity index (χ2v) is 20.5. The number of nitrogens with zero attached hydrogens (tertiary/aromatic N) is 7. The lowest BCUT2D eigenvalue weighted by Gasteiger charge is -2.23. The van der Waals surface area contributed by atoms with Crippen molar-refractivity contribution in [3.05, 3.63) is 48.6 Å². The molecule has 0 radical (unpaired) electrons. The predicted molar refractivity (Wildman–Crippen MR) is 298 cm³/mol. The topological polar surface area (TPSA) is 451 Å². The van der Waals surface area contributed by atoms with Gasteiger partial charge in [-0.25, -0.2) is 19.2 Å². The number of aliphatic hydroxyl groups excluding tert-OH is 4. The fraction of sp³-hybridized carbons (Fsp3) is 0.636. The van der Waals surface area contributed by atoms with Gasteiger partial charge in [0.1, 0.15) is 94.2 Å². The molecule has 0 heterocycles. The molecular weight excluding hydrogens is 1110 g/mol. The number of azo groups is 2. The number of nitrogens with one attached hydrogen (secondary N) is 1. The quantitative estimate of drug-likeness (QED) is 0.0128. The van der Waals surface area contributed by atoms with E-state index in [0.29, 0.717) is 6.42 Å². The minimum atomic E-state index is -1.50. The molecule has 6 unspecified atom stereocenters. The molecule has 0 aliphatic heterocycles. The number of hydrogen-bond donors (Lipinski definition) is 6. The first kappa shape index (κ1) is 77.9. The molecule has 29 heteroatoms. The Balaban J connectivity index is 0. The van der Waals surface area contributed by atoms with Gasteiger partial charge in [0, 0.05) is 47.3 Å². The highest BCUT2D eigenvalue weighted by atomic mass is 16.6. The number of esters is 8. The SMILES string of the molecule is C=C(C)C(=O)OCC(O)COC(=O)CCC(C)(C#N)N=NC(C)(C#N)CCC(=O)OCC(O)COC(=O)C(=C)C.C=C(C)C(=O)OCC(O)COC(=O)CCCC(=N)C(C)(C)N=NC(C)(C)C(N)=NCCC(=O)OCC(O)COC(=O)C(=C)C. The van der Waals surface area contributed by atoms with Crippen LogP contribution in [0.25, 0.3) is 0 Å². The van der Waals surface area contributed by atoms with E-state index >= 15 is 0 Å². The van der Waals surface area contributed by atoms with E-state index in [4.69, 9.17) is 49.0 Å². The largest absolute Gasteiger partial charge is 0.463 e. The summed E-state index contributed by atoms with van der Waals surface area (Å²) in [6.07, 6.45) is -5.20. The van der Waals surface area contributed by atoms with Gasteiger partial charge in [0.25, 0.3) is 0 Å². The number of amidine groups is 1. The molecule has 0 aliphatic rings. The van der Waals surface area contributed by atoms with Crippen molar-refractivity contribution in [2.45, 2.75) is 167 Å². The average Bonchev–Trinajstić information content (AvgIpc) is 3.60. The molecule has 84 heavy (non-hydrogen) atoms. The number of nitrogens with two attached hydrogens (primary N) is 1. The van der Waals surface area contributed by atoms with Crippen LogP contribution in [0.3, 0.4) is 0 Å². The zero-order valence-corrected chi connectivity index (χ0v) is 49.7. The highest BCUT2D eigenvalue weighted by Gasteiger charge is 2.31. The Morgan fingerprint density at radius 3 is 1.04 bits per heavy atom. The van der Waals surface area contributed by atoms with Crippen molar-refractivity contribution in [2.24, 2.45) is 31.2 Å². The molecule has 29 nitrogen and oxygen atoms in total. The van der Waals surface area contributed by atoms with Crippen molar-refractivity contribution in [1.29, 1.82) is 15.9 Å². The molecule has 0 bridgehead atoms. The van der Waals surface area contributed by atoms with Crippen LogP contribution in [0.15, 0.2) is 74.1 Å². The molecule has 0 aromatic rings. The Bertz CT molecular complexity index is 2430. The summed E-state index contributed by atoms with van der Waals surface area (Å²) in [6.45, 7) is 25.9. The number of carbonyl (C=O) groups excluding carboxylic acids is 8. The van der Waals surface area contributed by atoms with Crippen LogP contribution in [-0.2, 0) is 76.3 Å². The van der Waals surface area contributed by atoms with E-state index in [1.165, 1.54) is 41.5 Å². The summed E-state index contributed by atoms with van der Waals surface area (Å²) in [5, 5.41) is 82.8. The van der Waals surface area contributed by atoms with E-state index < -0.39 is 121 Å². The van der Waals surface area contributed by atoms with Gasteiger partial charge in [-0.2, -0.15) is 31.0 Å². The monoisotopic (exact) mass is 1190 g/mol. The van der Waals surface area contributed by atoms with Crippen molar-refractivity contribution in [1.82, 2.24) is 0 Å². The van der Waals surface area contributed by atoms with Crippen LogP contribution in [0.2, 0.25) is 0 Å². The maximum atomic E-state index is 12.0. The average molecular weight is 1190 g/mol. The normalized spacial score (nSPS) is 14.3. The van der Waals surface area contributed by atoms with Crippen molar-refractivity contribution in [2.75, 3.05) is 59.4 Å². The summed E-state index contributed by atoms with van der Waals surface area (Å²) >= 11 is 0. The highest BCUT2D eigenvalue weighted by molar-refractivity contribution is 5.91. The van der Waals surface area contributed by atoms with E-state index in [-0.39, 0.29) is 112 Å². The van der Waals surface area contributed by atoms with Gasteiger partial charge >= 0.3 is 47.8 Å². The fourth-order valence-corrected chi connectivity index (χ4v) is 5.12. The van der Waals surface area contributed by atoms with E-state index in [1.54, 1.807) is 27.7 Å². The summed E-state index contributed by atoms with van der Waals surface area (Å²) in [4.78, 5) is 97.4. The number of hydrogen-bond acceptors (Lipinski definition) is 28. The van der Waals surface area contributed by atoms with Gasteiger partial charge in [0.15, 0.2) is 11.1 Å². The number of ether oxygens (including phenoxy) is 8. The van der Waals surface area contributed by atoms with Gasteiger partial charge < -0.3 is 69.5 Å². The fourth-order valence-electron chi connectivity index (χ4n) is 5.12. The van der Waals surface area contributed by atoms with Crippen LogP contribution >= 0.6 is 0 Å². The molecule has 7 N–H and O–H groups in total. The molecular formula is C55H83N9O20. The summed E-state index contributed by atoms with van der Waals surface area (Å²) in [7, 11) is 0. The predicted octanol–water partition coefficient (Wildman–Crippen LogP) is 3.59. The van der Waals surface area contributed by atoms with Crippen molar-refractivity contribution >= 4 is 59.3 Å². The van der Waals surface area contributed by atoms with Gasteiger partial charge in [-0.15, -0.1) is 0 Å². The first-order valence-electron chi connectivity index (χ1n) is 26.1. The van der Waals surface area contributed by atoms with E-state index in [9.17, 15) is 69.3 Å². The molecule has 0 aliphatic carbocycles. The molecule has 468 valence electrons. The molecule has 6 atom stereocenters. The maximum absolute atomic E-state index is 12.0. The minimum absolute atomic E-state index is 0.00281. The Kier molecular flexibility index (Phi) is 36.5. The number of nitriles is 2. The summed E-state index contributed by atoms with van der Waals surface area (Å²) in [5.74, 6) is -5.30. The van der Waals surface area contributed by atoms with Crippen LogP contribution in [-0.4, -0.2) is 186 Å². The molecule has 0 spiro atoms. The molecule has 0 rings (SSSR count). The molecule has 0 saturated heterocycles. The Labute approximate surface area is 489 Å². The first-order chi connectivity index (χ1) is 38.8. The Morgan fingerprint density at radius 2 is 0.738 bits per heavy atom. The van der Waals surface area contributed by atoms with Crippen molar-refractivity contribution in [3.63, 3.8) is 0 Å². The number of aliphatic hydroxyl groups is 4. The summed E-state index contributed by atoms with van der Waals surface area (Å²) in [6, 6.07) is 3.82. The second kappa shape index (κ2) is 39.4. The van der Waals surface area contributed by atoms with Crippen LogP contribution in [0.4, 0.5) is 0 Å². The van der Waals surface area contributed by atoms with Gasteiger partial charge in [0.2, 0.25) is 0 Å². The number of aliphatic imine (C=N–C) groups is 1.